The first-order chi connectivity index (χ1) is 17.9. The highest BCUT2D eigenvalue weighted by atomic mass is 32.2. The Hall–Kier alpha value is -1.38. The van der Waals surface area contributed by atoms with E-state index in [4.69, 9.17) is 9.57 Å². The van der Waals surface area contributed by atoms with Crippen LogP contribution in [0.25, 0.3) is 0 Å². The van der Waals surface area contributed by atoms with E-state index in [2.05, 4.69) is 32.8 Å². The number of carbonyl (C=O) groups excluding carboxylic acids is 3. The van der Waals surface area contributed by atoms with E-state index in [1.807, 2.05) is 13.0 Å². The molecule has 4 unspecified atom stereocenters. The quantitative estimate of drug-likeness (QED) is 0.260. The van der Waals surface area contributed by atoms with Gasteiger partial charge in [0, 0.05) is 41.4 Å². The maximum Gasteiger partial charge on any atom is 0.321 e. The third kappa shape index (κ3) is 5.22. The number of aliphatic hydroxyl groups is 1. The van der Waals surface area contributed by atoms with Gasteiger partial charge in [0.05, 0.1) is 11.9 Å². The molecule has 38 heavy (non-hydrogen) atoms. The maximum atomic E-state index is 13.5. The zero-order chi connectivity index (χ0) is 27.9. The zero-order valence-corrected chi connectivity index (χ0v) is 24.6. The summed E-state index contributed by atoms with van der Waals surface area (Å²) in [7, 11) is 0. The lowest BCUT2D eigenvalue weighted by molar-refractivity contribution is -0.205. The molecule has 4 rings (SSSR count). The van der Waals surface area contributed by atoms with Gasteiger partial charge in [0.1, 0.15) is 11.9 Å². The molecule has 7 nitrogen and oxygen atoms in total. The summed E-state index contributed by atoms with van der Waals surface area (Å²) >= 11 is 1.60. The van der Waals surface area contributed by atoms with Crippen LogP contribution in [-0.4, -0.2) is 52.1 Å². The molecule has 2 N–H and O–H groups in total. The number of esters is 1. The van der Waals surface area contributed by atoms with Crippen LogP contribution in [0, 0.1) is 34.0 Å². The predicted octanol–water partition coefficient (Wildman–Crippen LogP) is 5.01. The molecular formula is C30H47NO6S. The Kier molecular flexibility index (Phi) is 8.76. The van der Waals surface area contributed by atoms with Crippen LogP contribution in [0.3, 0.4) is 0 Å². The number of ether oxygens (including phenoxy) is 1. The van der Waals surface area contributed by atoms with Crippen LogP contribution in [0.15, 0.2) is 12.7 Å². The van der Waals surface area contributed by atoms with Crippen molar-refractivity contribution >= 4 is 29.5 Å². The number of hydrogen-bond acceptors (Lipinski definition) is 8. The van der Waals surface area contributed by atoms with Gasteiger partial charge in [0.25, 0.3) is 0 Å². The SMILES string of the molecule is C=C[C@]1(C)C[C@@H](OC(=O)CSC2CCCC(NOC(C)=O)C2)[C@]2(C)[C@@H]3C(=O)CCC3(CC[C@@H]2C)[C@@H](C)C1O. The largest absolute Gasteiger partial charge is 0.461 e. The molecule has 2 bridgehead atoms. The second-order valence-electron chi connectivity index (χ2n) is 13.1. The summed E-state index contributed by atoms with van der Waals surface area (Å²) in [6.07, 6.45) is 8.13. The van der Waals surface area contributed by atoms with Crippen molar-refractivity contribution in [3.05, 3.63) is 12.7 Å². The average Bonchev–Trinajstić information content (AvgIpc) is 3.25. The monoisotopic (exact) mass is 549 g/mol. The number of ketones is 1. The van der Waals surface area contributed by atoms with Crippen LogP contribution in [0.2, 0.25) is 0 Å². The van der Waals surface area contributed by atoms with Gasteiger partial charge in [-0.15, -0.1) is 18.3 Å². The molecule has 4 aliphatic carbocycles. The lowest BCUT2D eigenvalue weighted by Crippen LogP contribution is -2.63. The van der Waals surface area contributed by atoms with E-state index >= 15 is 0 Å². The van der Waals surface area contributed by atoms with E-state index in [-0.39, 0.29) is 57.9 Å². The zero-order valence-electron chi connectivity index (χ0n) is 23.8. The molecule has 10 atom stereocenters. The van der Waals surface area contributed by atoms with Crippen LogP contribution in [-0.2, 0) is 24.0 Å². The Bertz CT molecular complexity index is 942. The van der Waals surface area contributed by atoms with Gasteiger partial charge in [0.15, 0.2) is 0 Å². The van der Waals surface area contributed by atoms with Gasteiger partial charge in [-0.25, -0.2) is 0 Å². The Morgan fingerprint density at radius 1 is 1.21 bits per heavy atom. The second kappa shape index (κ2) is 11.2. The van der Waals surface area contributed by atoms with E-state index in [1.54, 1.807) is 11.8 Å². The second-order valence-corrected chi connectivity index (χ2v) is 14.4. The molecule has 4 fully saturated rings. The maximum absolute atomic E-state index is 13.5. The molecule has 4 aliphatic rings. The first-order valence-electron chi connectivity index (χ1n) is 14.5. The van der Waals surface area contributed by atoms with Crippen molar-refractivity contribution in [1.29, 1.82) is 0 Å². The van der Waals surface area contributed by atoms with Crippen LogP contribution in [0.1, 0.15) is 92.4 Å². The molecular weight excluding hydrogens is 502 g/mol. The fourth-order valence-electron chi connectivity index (χ4n) is 8.45. The van der Waals surface area contributed by atoms with Crippen LogP contribution < -0.4 is 5.48 Å². The Labute approximate surface area is 232 Å². The van der Waals surface area contributed by atoms with Gasteiger partial charge >= 0.3 is 11.9 Å². The molecule has 0 amide bonds. The third-order valence-electron chi connectivity index (χ3n) is 11.0. The van der Waals surface area contributed by atoms with Gasteiger partial charge in [-0.1, -0.05) is 40.2 Å². The summed E-state index contributed by atoms with van der Waals surface area (Å²) in [4.78, 5) is 43.0. The fourth-order valence-corrected chi connectivity index (χ4v) is 9.59. The summed E-state index contributed by atoms with van der Waals surface area (Å²) in [6.45, 7) is 14.0. The summed E-state index contributed by atoms with van der Waals surface area (Å²) in [5.74, 6) is -0.154. The van der Waals surface area contributed by atoms with Crippen molar-refractivity contribution in [1.82, 2.24) is 5.48 Å². The average molecular weight is 550 g/mol. The number of carbonyl (C=O) groups is 3. The number of Topliss-reactive ketones (excluding diaryl/α,β-unsaturated/α-hetero) is 1. The highest BCUT2D eigenvalue weighted by Gasteiger charge is 2.68. The molecule has 0 saturated heterocycles. The van der Waals surface area contributed by atoms with Crippen LogP contribution in [0.4, 0.5) is 0 Å². The smallest absolute Gasteiger partial charge is 0.321 e. The Morgan fingerprint density at radius 3 is 2.63 bits per heavy atom. The number of rotatable bonds is 7. The molecule has 214 valence electrons. The van der Waals surface area contributed by atoms with Crippen molar-refractivity contribution in [2.45, 2.75) is 116 Å². The summed E-state index contributed by atoms with van der Waals surface area (Å²) < 4.78 is 6.36. The standard InChI is InChI=1S/C30H47NO6S/c1-7-28(5)16-24(36-25(34)17-38-22-10-8-9-21(15-22)31-37-20(4)32)29(6)18(2)11-13-30(19(3)27(28)35)14-12-23(33)26(29)30/h7,18-19,21-22,24,26-27,31,35H,1,8-17H2,2-6H3/t18-,19-,21?,22?,24+,26-,27?,28+,29+,30?/m0/s1. The summed E-state index contributed by atoms with van der Waals surface area (Å²) in [5.41, 5.74) is 1.47. The van der Waals surface area contributed by atoms with E-state index in [0.717, 1.165) is 44.9 Å². The minimum Gasteiger partial charge on any atom is -0.461 e. The van der Waals surface area contributed by atoms with E-state index in [0.29, 0.717) is 12.8 Å². The lowest BCUT2D eigenvalue weighted by atomic mass is 9.44. The lowest BCUT2D eigenvalue weighted by Gasteiger charge is -2.61. The summed E-state index contributed by atoms with van der Waals surface area (Å²) in [5, 5.41) is 11.9. The van der Waals surface area contributed by atoms with Gasteiger partial charge in [0.2, 0.25) is 0 Å². The number of thioether (sulfide) groups is 1. The normalized spacial score (nSPS) is 44.9. The van der Waals surface area contributed by atoms with Crippen molar-refractivity contribution in [3.8, 4) is 0 Å². The molecule has 0 aromatic heterocycles. The van der Waals surface area contributed by atoms with Crippen molar-refractivity contribution < 1.29 is 29.1 Å². The first-order valence-corrected chi connectivity index (χ1v) is 15.5. The number of hydrogen-bond donors (Lipinski definition) is 2. The van der Waals surface area contributed by atoms with Gasteiger partial charge in [-0.05, 0) is 62.2 Å². The summed E-state index contributed by atoms with van der Waals surface area (Å²) in [6, 6.07) is 0.0899. The minimum absolute atomic E-state index is 0.0409. The molecule has 0 aromatic carbocycles. The van der Waals surface area contributed by atoms with Crippen LogP contribution >= 0.6 is 11.8 Å². The third-order valence-corrected chi connectivity index (χ3v) is 12.3. The molecule has 4 saturated carbocycles. The van der Waals surface area contributed by atoms with Crippen molar-refractivity contribution in [2.24, 2.45) is 34.0 Å². The highest BCUT2D eigenvalue weighted by molar-refractivity contribution is 8.00. The van der Waals surface area contributed by atoms with Gasteiger partial charge in [-0.2, -0.15) is 5.48 Å². The van der Waals surface area contributed by atoms with E-state index in [1.165, 1.54) is 6.92 Å². The van der Waals surface area contributed by atoms with Crippen LogP contribution in [0.5, 0.6) is 0 Å². The fraction of sp³-hybridized carbons (Fsp3) is 0.833. The number of aliphatic hydroxyl groups excluding tert-OH is 1. The molecule has 0 aliphatic heterocycles. The first kappa shape index (κ1) is 29.6. The Morgan fingerprint density at radius 2 is 1.95 bits per heavy atom. The topological polar surface area (TPSA) is 102 Å². The van der Waals surface area contributed by atoms with E-state index < -0.39 is 23.0 Å². The molecule has 8 heteroatoms. The molecule has 0 aromatic rings. The highest BCUT2D eigenvalue weighted by Crippen LogP contribution is 2.68. The van der Waals surface area contributed by atoms with Crippen molar-refractivity contribution in [2.75, 3.05) is 5.75 Å². The van der Waals surface area contributed by atoms with Crippen molar-refractivity contribution in [3.63, 3.8) is 0 Å². The number of nitrogens with one attached hydrogen (secondary N) is 1. The minimum atomic E-state index is -0.661. The molecule has 0 spiro atoms. The number of hydroxylamine groups is 1. The Balaban J connectivity index is 1.53. The molecule has 0 heterocycles. The van der Waals surface area contributed by atoms with E-state index in [9.17, 15) is 19.5 Å². The predicted molar refractivity (Wildman–Crippen MR) is 148 cm³/mol. The van der Waals surface area contributed by atoms with Gasteiger partial charge in [-0.3, -0.25) is 14.4 Å². The van der Waals surface area contributed by atoms with Gasteiger partial charge < -0.3 is 14.7 Å². The molecule has 0 radical (unpaired) electrons.